The van der Waals surface area contributed by atoms with E-state index in [0.717, 1.165) is 45.5 Å². The molecule has 2 aromatic heterocycles. The summed E-state index contributed by atoms with van der Waals surface area (Å²) < 4.78 is 13.0. The zero-order chi connectivity index (χ0) is 20.7. The molecule has 0 unspecified atom stereocenters. The number of aryl methyl sites for hydroxylation is 2. The summed E-state index contributed by atoms with van der Waals surface area (Å²) >= 11 is 1.36. The van der Waals surface area contributed by atoms with E-state index in [4.69, 9.17) is 9.47 Å². The van der Waals surface area contributed by atoms with Crippen LogP contribution in [-0.2, 0) is 11.2 Å². The number of nitrogens with one attached hydrogen (secondary N) is 1. The number of carbonyl (C=O) groups excluding carboxylic acids is 1. The van der Waals surface area contributed by atoms with Crippen molar-refractivity contribution in [2.24, 2.45) is 0 Å². The van der Waals surface area contributed by atoms with Gasteiger partial charge in [0.2, 0.25) is 12.7 Å². The Hall–Kier alpha value is -3.26. The minimum absolute atomic E-state index is 0.0766. The lowest BCUT2D eigenvalue weighted by Gasteiger charge is -2.10. The maximum Gasteiger partial charge on any atom is 0.234 e. The molecule has 0 bridgehead atoms. The normalized spacial score (nSPS) is 12.6. The van der Waals surface area contributed by atoms with Crippen molar-refractivity contribution < 1.29 is 14.3 Å². The number of benzene rings is 2. The summed E-state index contributed by atoms with van der Waals surface area (Å²) in [6, 6.07) is 13.8. The zero-order valence-electron chi connectivity index (χ0n) is 16.6. The summed E-state index contributed by atoms with van der Waals surface area (Å²) in [7, 11) is 0. The third-order valence-corrected chi connectivity index (χ3v) is 6.05. The van der Waals surface area contributed by atoms with Crippen molar-refractivity contribution >= 4 is 39.9 Å². The van der Waals surface area contributed by atoms with Crippen LogP contribution in [0.2, 0.25) is 0 Å². The van der Waals surface area contributed by atoms with Crippen LogP contribution >= 0.6 is 11.8 Å². The number of pyridine rings is 1. The van der Waals surface area contributed by atoms with Crippen molar-refractivity contribution in [1.29, 1.82) is 0 Å². The number of hydrogen-bond acceptors (Lipinski definition) is 6. The second kappa shape index (κ2) is 7.53. The molecule has 0 saturated carbocycles. The Morgan fingerprint density at radius 3 is 2.80 bits per heavy atom. The maximum atomic E-state index is 12.6. The van der Waals surface area contributed by atoms with Crippen LogP contribution in [0.3, 0.4) is 0 Å². The fourth-order valence-corrected chi connectivity index (χ4v) is 4.40. The molecule has 30 heavy (non-hydrogen) atoms. The van der Waals surface area contributed by atoms with Gasteiger partial charge in [0, 0.05) is 17.1 Å². The monoisotopic (exact) mass is 420 g/mol. The molecule has 2 aromatic carbocycles. The number of ether oxygens (including phenoxy) is 2. The van der Waals surface area contributed by atoms with Crippen LogP contribution in [0.15, 0.2) is 47.6 Å². The smallest absolute Gasteiger partial charge is 0.234 e. The molecule has 0 aliphatic carbocycles. The van der Waals surface area contributed by atoms with Gasteiger partial charge in [-0.25, -0.2) is 0 Å². The topological polar surface area (TPSA) is 77.8 Å². The highest BCUT2D eigenvalue weighted by molar-refractivity contribution is 7.99. The Balaban J connectivity index is 1.45. The van der Waals surface area contributed by atoms with E-state index in [1.807, 2.05) is 47.7 Å². The molecular formula is C22H20N4O3S. The molecule has 0 radical (unpaired) electrons. The summed E-state index contributed by atoms with van der Waals surface area (Å²) in [6.45, 7) is 4.29. The van der Waals surface area contributed by atoms with Crippen LogP contribution in [0.25, 0.3) is 16.6 Å². The number of nitrogens with zero attached hydrogens (tertiary/aromatic N) is 3. The second-order valence-electron chi connectivity index (χ2n) is 7.08. The number of carbonyl (C=O) groups is 1. The average molecular weight is 420 g/mol. The van der Waals surface area contributed by atoms with Gasteiger partial charge >= 0.3 is 0 Å². The fourth-order valence-electron chi connectivity index (χ4n) is 3.66. The third kappa shape index (κ3) is 3.23. The highest BCUT2D eigenvalue weighted by Gasteiger charge is 2.19. The van der Waals surface area contributed by atoms with Gasteiger partial charge < -0.3 is 14.8 Å². The van der Waals surface area contributed by atoms with Crippen molar-refractivity contribution in [3.05, 3.63) is 53.6 Å². The lowest BCUT2D eigenvalue weighted by Crippen LogP contribution is -2.15. The van der Waals surface area contributed by atoms with Gasteiger partial charge in [-0.1, -0.05) is 36.9 Å². The van der Waals surface area contributed by atoms with E-state index in [1.54, 1.807) is 0 Å². The third-order valence-electron chi connectivity index (χ3n) is 5.13. The van der Waals surface area contributed by atoms with Crippen molar-refractivity contribution in [2.45, 2.75) is 25.4 Å². The molecule has 8 heteroatoms. The minimum atomic E-state index is -0.0766. The molecule has 7 nitrogen and oxygen atoms in total. The predicted molar refractivity (Wildman–Crippen MR) is 117 cm³/mol. The predicted octanol–water partition coefficient (Wildman–Crippen LogP) is 4.21. The van der Waals surface area contributed by atoms with E-state index >= 15 is 0 Å². The minimum Gasteiger partial charge on any atom is -0.454 e. The van der Waals surface area contributed by atoms with E-state index in [-0.39, 0.29) is 18.5 Å². The highest BCUT2D eigenvalue weighted by atomic mass is 32.2. The first-order valence-corrected chi connectivity index (χ1v) is 10.7. The summed E-state index contributed by atoms with van der Waals surface area (Å²) in [5.74, 6) is 1.59. The molecular weight excluding hydrogens is 400 g/mol. The van der Waals surface area contributed by atoms with Crippen LogP contribution in [0.1, 0.15) is 18.1 Å². The number of aromatic nitrogens is 3. The van der Waals surface area contributed by atoms with Gasteiger partial charge in [-0.15, -0.1) is 10.2 Å². The molecule has 1 aliphatic heterocycles. The quantitative estimate of drug-likeness (QED) is 0.487. The van der Waals surface area contributed by atoms with E-state index in [2.05, 4.69) is 28.5 Å². The molecule has 5 rings (SSSR count). The van der Waals surface area contributed by atoms with Crippen molar-refractivity contribution in [3.63, 3.8) is 0 Å². The lowest BCUT2D eigenvalue weighted by atomic mass is 10.1. The second-order valence-corrected chi connectivity index (χ2v) is 8.02. The van der Waals surface area contributed by atoms with Crippen molar-refractivity contribution in [1.82, 2.24) is 14.6 Å². The van der Waals surface area contributed by atoms with Crippen LogP contribution in [0, 0.1) is 6.92 Å². The van der Waals surface area contributed by atoms with Crippen molar-refractivity contribution in [2.75, 3.05) is 17.9 Å². The molecule has 0 spiro atoms. The lowest BCUT2D eigenvalue weighted by molar-refractivity contribution is -0.113. The zero-order valence-corrected chi connectivity index (χ0v) is 17.5. The summed E-state index contributed by atoms with van der Waals surface area (Å²) in [5, 5.41) is 13.3. The molecule has 1 N–H and O–H groups in total. The van der Waals surface area contributed by atoms with Gasteiger partial charge in [0.05, 0.1) is 11.3 Å². The number of amides is 1. The molecule has 3 heterocycles. The van der Waals surface area contributed by atoms with Crippen LogP contribution < -0.4 is 14.8 Å². The van der Waals surface area contributed by atoms with Gasteiger partial charge in [0.15, 0.2) is 22.3 Å². The Morgan fingerprint density at radius 2 is 1.97 bits per heavy atom. The van der Waals surface area contributed by atoms with Gasteiger partial charge in [-0.3, -0.25) is 9.20 Å². The van der Waals surface area contributed by atoms with Crippen LogP contribution in [0.4, 0.5) is 5.69 Å². The van der Waals surface area contributed by atoms with Gasteiger partial charge in [-0.05, 0) is 42.7 Å². The number of rotatable bonds is 5. The highest BCUT2D eigenvalue weighted by Crippen LogP contribution is 2.37. The number of fused-ring (bicyclic) bond motifs is 4. The molecule has 0 atom stereocenters. The standard InChI is InChI=1S/C22H20N4O3S/c1-3-14-6-4-5-7-16(14)23-20(27)11-30-22-25-24-21-13(2)8-15-9-18-19(29-12-28-18)10-17(15)26(21)22/h4-10H,3,11-12H2,1-2H3,(H,23,27). The number of thioether (sulfide) groups is 1. The Bertz CT molecular complexity index is 1280. The summed E-state index contributed by atoms with van der Waals surface area (Å²) in [4.78, 5) is 12.6. The summed E-state index contributed by atoms with van der Waals surface area (Å²) in [6.07, 6.45) is 0.861. The van der Waals surface area contributed by atoms with E-state index in [9.17, 15) is 4.79 Å². The Morgan fingerprint density at radius 1 is 1.17 bits per heavy atom. The van der Waals surface area contributed by atoms with Crippen LogP contribution in [0.5, 0.6) is 11.5 Å². The Labute approximate surface area is 177 Å². The molecule has 1 aliphatic rings. The molecule has 1 amide bonds. The first-order valence-electron chi connectivity index (χ1n) is 9.72. The van der Waals surface area contributed by atoms with E-state index < -0.39 is 0 Å². The molecule has 0 fully saturated rings. The maximum absolute atomic E-state index is 12.6. The van der Waals surface area contributed by atoms with Gasteiger partial charge in [0.1, 0.15) is 0 Å². The molecule has 4 aromatic rings. The van der Waals surface area contributed by atoms with Gasteiger partial charge in [0.25, 0.3) is 0 Å². The fraction of sp³-hybridized carbons (Fsp3) is 0.227. The SMILES string of the molecule is CCc1ccccc1NC(=O)CSc1nnc2c(C)cc3cc4c(cc3n12)OCO4. The number of hydrogen-bond donors (Lipinski definition) is 1. The first kappa shape index (κ1) is 18.7. The Kier molecular flexibility index (Phi) is 4.71. The molecule has 152 valence electrons. The first-order chi connectivity index (χ1) is 14.6. The number of para-hydroxylation sites is 1. The van der Waals surface area contributed by atoms with Crippen LogP contribution in [-0.4, -0.2) is 33.1 Å². The number of anilines is 1. The molecule has 0 saturated heterocycles. The van der Waals surface area contributed by atoms with E-state index in [0.29, 0.717) is 10.9 Å². The summed E-state index contributed by atoms with van der Waals surface area (Å²) in [5.41, 5.74) is 4.65. The van der Waals surface area contributed by atoms with Gasteiger partial charge in [-0.2, -0.15) is 0 Å². The largest absolute Gasteiger partial charge is 0.454 e. The average Bonchev–Trinajstić information content (AvgIpc) is 3.38. The van der Waals surface area contributed by atoms with E-state index in [1.165, 1.54) is 11.8 Å². The van der Waals surface area contributed by atoms with Crippen molar-refractivity contribution in [3.8, 4) is 11.5 Å².